The Morgan fingerprint density at radius 3 is 2.37 bits per heavy atom. The second kappa shape index (κ2) is 5.69. The SMILES string of the molecule is Cc1cnc(CNC(c2cccs2)c2cccs2)o1. The van der Waals surface area contributed by atoms with Gasteiger partial charge in [0.1, 0.15) is 5.76 Å². The first-order valence-electron chi connectivity index (χ1n) is 6.04. The van der Waals surface area contributed by atoms with Crippen LogP contribution in [-0.4, -0.2) is 4.98 Å². The maximum absolute atomic E-state index is 5.50. The Morgan fingerprint density at radius 2 is 1.89 bits per heavy atom. The minimum Gasteiger partial charge on any atom is -0.445 e. The molecular formula is C14H14N2OS2. The predicted octanol–water partition coefficient (Wildman–Crippen LogP) is 3.99. The second-order valence-electron chi connectivity index (χ2n) is 4.21. The first-order valence-corrected chi connectivity index (χ1v) is 7.80. The summed E-state index contributed by atoms with van der Waals surface area (Å²) in [6, 6.07) is 8.69. The quantitative estimate of drug-likeness (QED) is 0.772. The van der Waals surface area contributed by atoms with Crippen molar-refractivity contribution in [2.45, 2.75) is 19.5 Å². The molecule has 0 aliphatic rings. The molecule has 3 aromatic heterocycles. The van der Waals surface area contributed by atoms with Gasteiger partial charge in [-0.05, 0) is 29.8 Å². The largest absolute Gasteiger partial charge is 0.445 e. The van der Waals surface area contributed by atoms with Crippen molar-refractivity contribution in [2.75, 3.05) is 0 Å². The molecule has 0 saturated heterocycles. The van der Waals surface area contributed by atoms with Gasteiger partial charge in [0.25, 0.3) is 0 Å². The zero-order valence-corrected chi connectivity index (χ0v) is 12.1. The van der Waals surface area contributed by atoms with E-state index in [4.69, 9.17) is 4.42 Å². The molecule has 5 heteroatoms. The van der Waals surface area contributed by atoms with E-state index in [2.05, 4.69) is 45.3 Å². The van der Waals surface area contributed by atoms with Crippen LogP contribution in [-0.2, 0) is 6.54 Å². The van der Waals surface area contributed by atoms with Crippen LogP contribution in [0.25, 0.3) is 0 Å². The normalized spacial score (nSPS) is 11.3. The monoisotopic (exact) mass is 290 g/mol. The van der Waals surface area contributed by atoms with Crippen molar-refractivity contribution < 1.29 is 4.42 Å². The molecule has 0 fully saturated rings. The van der Waals surface area contributed by atoms with Crippen LogP contribution in [0.2, 0.25) is 0 Å². The van der Waals surface area contributed by atoms with Gasteiger partial charge in [0, 0.05) is 9.75 Å². The fourth-order valence-electron chi connectivity index (χ4n) is 1.92. The van der Waals surface area contributed by atoms with Crippen LogP contribution in [0.3, 0.4) is 0 Å². The first kappa shape index (κ1) is 12.6. The highest BCUT2D eigenvalue weighted by atomic mass is 32.1. The fraction of sp³-hybridized carbons (Fsp3) is 0.214. The molecule has 19 heavy (non-hydrogen) atoms. The Hall–Kier alpha value is -1.43. The first-order chi connectivity index (χ1) is 9.33. The number of aryl methyl sites for hydroxylation is 1. The minimum atomic E-state index is 0.215. The van der Waals surface area contributed by atoms with Crippen molar-refractivity contribution in [1.29, 1.82) is 0 Å². The minimum absolute atomic E-state index is 0.215. The van der Waals surface area contributed by atoms with E-state index in [1.54, 1.807) is 28.9 Å². The molecule has 1 N–H and O–H groups in total. The third-order valence-electron chi connectivity index (χ3n) is 2.78. The standard InChI is InChI=1S/C14H14N2OS2/c1-10-8-15-13(17-10)9-16-14(11-4-2-6-18-11)12-5-3-7-19-12/h2-8,14,16H,9H2,1H3. The zero-order chi connectivity index (χ0) is 13.1. The van der Waals surface area contributed by atoms with Crippen LogP contribution in [0.4, 0.5) is 0 Å². The Balaban J connectivity index is 1.77. The molecule has 3 aromatic rings. The highest BCUT2D eigenvalue weighted by Crippen LogP contribution is 2.29. The van der Waals surface area contributed by atoms with Crippen LogP contribution in [0.1, 0.15) is 27.4 Å². The predicted molar refractivity (Wildman–Crippen MR) is 78.6 cm³/mol. The van der Waals surface area contributed by atoms with Gasteiger partial charge in [0.05, 0.1) is 18.8 Å². The van der Waals surface area contributed by atoms with Crippen molar-refractivity contribution >= 4 is 22.7 Å². The van der Waals surface area contributed by atoms with E-state index in [-0.39, 0.29) is 6.04 Å². The maximum atomic E-state index is 5.50. The van der Waals surface area contributed by atoms with E-state index in [1.807, 2.05) is 6.92 Å². The molecule has 0 unspecified atom stereocenters. The molecule has 3 nitrogen and oxygen atoms in total. The summed E-state index contributed by atoms with van der Waals surface area (Å²) in [6.45, 7) is 2.54. The van der Waals surface area contributed by atoms with Crippen molar-refractivity contribution in [2.24, 2.45) is 0 Å². The Kier molecular flexibility index (Phi) is 3.77. The highest BCUT2D eigenvalue weighted by Gasteiger charge is 2.16. The average molecular weight is 290 g/mol. The molecule has 0 bridgehead atoms. The van der Waals surface area contributed by atoms with E-state index in [1.165, 1.54) is 9.75 Å². The van der Waals surface area contributed by atoms with Crippen molar-refractivity contribution in [3.8, 4) is 0 Å². The second-order valence-corrected chi connectivity index (χ2v) is 6.17. The topological polar surface area (TPSA) is 38.1 Å². The van der Waals surface area contributed by atoms with Gasteiger partial charge in [-0.2, -0.15) is 0 Å². The Bertz CT molecular complexity index is 579. The van der Waals surface area contributed by atoms with Crippen LogP contribution >= 0.6 is 22.7 Å². The summed E-state index contributed by atoms with van der Waals surface area (Å²) in [5.74, 6) is 1.58. The summed E-state index contributed by atoms with van der Waals surface area (Å²) in [5, 5.41) is 7.73. The molecule has 0 amide bonds. The molecule has 0 saturated carbocycles. The number of aromatic nitrogens is 1. The van der Waals surface area contributed by atoms with E-state index in [0.29, 0.717) is 6.54 Å². The van der Waals surface area contributed by atoms with E-state index in [0.717, 1.165) is 11.7 Å². The Labute approximate surface area is 119 Å². The van der Waals surface area contributed by atoms with Crippen LogP contribution in [0.5, 0.6) is 0 Å². The molecular weight excluding hydrogens is 276 g/mol. The molecule has 0 spiro atoms. The molecule has 0 atom stereocenters. The summed E-state index contributed by atoms with van der Waals surface area (Å²) in [5.41, 5.74) is 0. The third kappa shape index (κ3) is 2.94. The summed E-state index contributed by atoms with van der Waals surface area (Å²) in [6.07, 6.45) is 1.75. The number of nitrogens with zero attached hydrogens (tertiary/aromatic N) is 1. The summed E-state index contributed by atoms with van der Waals surface area (Å²) in [7, 11) is 0. The van der Waals surface area contributed by atoms with E-state index < -0.39 is 0 Å². The van der Waals surface area contributed by atoms with Crippen LogP contribution < -0.4 is 5.32 Å². The van der Waals surface area contributed by atoms with Crippen LogP contribution in [0, 0.1) is 6.92 Å². The van der Waals surface area contributed by atoms with Gasteiger partial charge in [-0.15, -0.1) is 22.7 Å². The van der Waals surface area contributed by atoms with Gasteiger partial charge >= 0.3 is 0 Å². The number of oxazole rings is 1. The van der Waals surface area contributed by atoms with Gasteiger partial charge < -0.3 is 4.42 Å². The van der Waals surface area contributed by atoms with E-state index in [9.17, 15) is 0 Å². The molecule has 0 aromatic carbocycles. The molecule has 3 heterocycles. The van der Waals surface area contributed by atoms with Gasteiger partial charge in [-0.25, -0.2) is 4.98 Å². The average Bonchev–Trinajstić information content (AvgIpc) is 3.11. The molecule has 3 rings (SSSR count). The lowest BCUT2D eigenvalue weighted by Gasteiger charge is -2.14. The Morgan fingerprint density at radius 1 is 1.21 bits per heavy atom. The van der Waals surface area contributed by atoms with Gasteiger partial charge in [-0.3, -0.25) is 5.32 Å². The van der Waals surface area contributed by atoms with E-state index >= 15 is 0 Å². The van der Waals surface area contributed by atoms with Crippen molar-refractivity contribution in [3.05, 3.63) is 62.6 Å². The number of nitrogens with one attached hydrogen (secondary N) is 1. The summed E-state index contributed by atoms with van der Waals surface area (Å²) >= 11 is 3.53. The van der Waals surface area contributed by atoms with Gasteiger partial charge in [0.2, 0.25) is 5.89 Å². The lowest BCUT2D eigenvalue weighted by atomic mass is 10.2. The third-order valence-corrected chi connectivity index (χ3v) is 4.66. The number of rotatable bonds is 5. The molecule has 0 aliphatic carbocycles. The van der Waals surface area contributed by atoms with Crippen molar-refractivity contribution in [3.63, 3.8) is 0 Å². The maximum Gasteiger partial charge on any atom is 0.208 e. The van der Waals surface area contributed by atoms with Crippen LogP contribution in [0.15, 0.2) is 45.6 Å². The van der Waals surface area contributed by atoms with Gasteiger partial charge in [-0.1, -0.05) is 12.1 Å². The van der Waals surface area contributed by atoms with Gasteiger partial charge in [0.15, 0.2) is 0 Å². The summed E-state index contributed by atoms with van der Waals surface area (Å²) in [4.78, 5) is 6.85. The zero-order valence-electron chi connectivity index (χ0n) is 10.5. The fourth-order valence-corrected chi connectivity index (χ4v) is 3.64. The molecule has 0 aliphatic heterocycles. The number of thiophene rings is 2. The van der Waals surface area contributed by atoms with Crippen molar-refractivity contribution in [1.82, 2.24) is 10.3 Å². The lowest BCUT2D eigenvalue weighted by molar-refractivity contribution is 0.440. The highest BCUT2D eigenvalue weighted by molar-refractivity contribution is 7.11. The lowest BCUT2D eigenvalue weighted by Crippen LogP contribution is -2.20. The molecule has 0 radical (unpaired) electrons. The number of hydrogen-bond acceptors (Lipinski definition) is 5. The number of hydrogen-bond donors (Lipinski definition) is 1. The summed E-state index contributed by atoms with van der Waals surface area (Å²) < 4.78 is 5.50. The smallest absolute Gasteiger partial charge is 0.208 e. The molecule has 98 valence electrons.